The van der Waals surface area contributed by atoms with E-state index < -0.39 is 53.0 Å². The number of carbonyl (C=O) groups is 4. The van der Waals surface area contributed by atoms with Crippen molar-refractivity contribution in [2.75, 3.05) is 38.5 Å². The SMILES string of the molecule is CCC(=O)N[C@@H](C(=O)N1CCN(C)CC1)[C@@H](C)c1ccc(NC(=O)C(NC(=O)C(F)(F)c2cccc(C#N)c2)[C@@H](C)c2ccccc2)c(F)c1. The van der Waals surface area contributed by atoms with Crippen LogP contribution in [-0.4, -0.2) is 78.7 Å². The number of carbonyl (C=O) groups excluding carboxylic acids is 4. The number of nitrogens with one attached hydrogen (secondary N) is 3. The number of rotatable bonds is 12. The minimum Gasteiger partial charge on any atom is -0.344 e. The summed E-state index contributed by atoms with van der Waals surface area (Å²) in [5.74, 6) is -9.79. The molecular weight excluding hydrogens is 649 g/mol. The molecule has 1 aliphatic heterocycles. The largest absolute Gasteiger partial charge is 0.349 e. The molecule has 4 amide bonds. The van der Waals surface area contributed by atoms with E-state index >= 15 is 13.2 Å². The lowest BCUT2D eigenvalue weighted by atomic mass is 9.91. The van der Waals surface area contributed by atoms with Gasteiger partial charge in [0.25, 0.3) is 5.91 Å². The number of halogens is 3. The van der Waals surface area contributed by atoms with Gasteiger partial charge in [-0.1, -0.05) is 69.3 Å². The average Bonchev–Trinajstić information content (AvgIpc) is 3.13. The molecule has 1 unspecified atom stereocenters. The molecule has 0 aliphatic carbocycles. The van der Waals surface area contributed by atoms with Gasteiger partial charge in [-0.2, -0.15) is 14.0 Å². The van der Waals surface area contributed by atoms with Gasteiger partial charge in [-0.25, -0.2) is 4.39 Å². The third-order valence-electron chi connectivity index (χ3n) is 9.03. The fourth-order valence-electron chi connectivity index (χ4n) is 5.73. The molecule has 1 saturated heterocycles. The van der Waals surface area contributed by atoms with Crippen molar-refractivity contribution >= 4 is 29.3 Å². The van der Waals surface area contributed by atoms with Gasteiger partial charge in [0.1, 0.15) is 17.9 Å². The second-order valence-corrected chi connectivity index (χ2v) is 12.5. The Morgan fingerprint density at radius 1 is 0.860 bits per heavy atom. The number of nitriles is 1. The van der Waals surface area contributed by atoms with Crippen molar-refractivity contribution in [3.8, 4) is 6.07 Å². The van der Waals surface area contributed by atoms with Crippen LogP contribution in [0.15, 0.2) is 72.8 Å². The predicted octanol–water partition coefficient (Wildman–Crippen LogP) is 4.49. The van der Waals surface area contributed by atoms with Crippen molar-refractivity contribution in [1.82, 2.24) is 20.4 Å². The number of alkyl halides is 2. The highest BCUT2D eigenvalue weighted by Crippen LogP contribution is 2.31. The monoisotopic (exact) mass is 690 g/mol. The molecule has 1 heterocycles. The minimum atomic E-state index is -4.10. The molecule has 3 N–H and O–H groups in total. The van der Waals surface area contributed by atoms with Crippen LogP contribution in [0, 0.1) is 17.1 Å². The molecule has 4 atom stereocenters. The summed E-state index contributed by atoms with van der Waals surface area (Å²) in [4.78, 5) is 56.4. The van der Waals surface area contributed by atoms with E-state index in [9.17, 15) is 19.2 Å². The van der Waals surface area contributed by atoms with Crippen LogP contribution in [0.2, 0.25) is 0 Å². The Bertz CT molecular complexity index is 1740. The van der Waals surface area contributed by atoms with E-state index in [1.807, 2.05) is 7.05 Å². The molecule has 0 spiro atoms. The Balaban J connectivity index is 1.58. The van der Waals surface area contributed by atoms with Crippen LogP contribution in [0.4, 0.5) is 18.9 Å². The number of nitrogens with zero attached hydrogens (tertiary/aromatic N) is 3. The smallest absolute Gasteiger partial charge is 0.344 e. The van der Waals surface area contributed by atoms with Crippen molar-refractivity contribution in [2.45, 2.75) is 57.0 Å². The van der Waals surface area contributed by atoms with Crippen LogP contribution in [0.5, 0.6) is 0 Å². The lowest BCUT2D eigenvalue weighted by Crippen LogP contribution is -2.55. The van der Waals surface area contributed by atoms with Gasteiger partial charge in [0.15, 0.2) is 0 Å². The Labute approximate surface area is 289 Å². The summed E-state index contributed by atoms with van der Waals surface area (Å²) in [5, 5.41) is 16.5. The van der Waals surface area contributed by atoms with Crippen LogP contribution in [0.1, 0.15) is 61.3 Å². The van der Waals surface area contributed by atoms with E-state index in [0.29, 0.717) is 37.3 Å². The Morgan fingerprint density at radius 3 is 2.14 bits per heavy atom. The fourth-order valence-corrected chi connectivity index (χ4v) is 5.73. The Morgan fingerprint density at radius 2 is 1.52 bits per heavy atom. The zero-order chi connectivity index (χ0) is 36.6. The van der Waals surface area contributed by atoms with E-state index in [4.69, 9.17) is 5.26 Å². The van der Waals surface area contributed by atoms with Crippen LogP contribution in [0.25, 0.3) is 0 Å². The number of piperazine rings is 1. The molecule has 10 nitrogen and oxygen atoms in total. The molecule has 0 bridgehead atoms. The third-order valence-corrected chi connectivity index (χ3v) is 9.03. The highest BCUT2D eigenvalue weighted by Gasteiger charge is 2.44. The van der Waals surface area contributed by atoms with Gasteiger partial charge >= 0.3 is 5.92 Å². The summed E-state index contributed by atoms with van der Waals surface area (Å²) in [5.41, 5.74) is -0.143. The number of benzene rings is 3. The summed E-state index contributed by atoms with van der Waals surface area (Å²) in [6, 6.07) is 16.0. The first-order valence-electron chi connectivity index (χ1n) is 16.4. The van der Waals surface area contributed by atoms with Crippen molar-refractivity contribution in [1.29, 1.82) is 5.26 Å². The van der Waals surface area contributed by atoms with E-state index in [1.165, 1.54) is 24.3 Å². The number of amides is 4. The summed E-state index contributed by atoms with van der Waals surface area (Å²) >= 11 is 0. The summed E-state index contributed by atoms with van der Waals surface area (Å²) in [7, 11) is 1.95. The molecule has 3 aromatic carbocycles. The maximum Gasteiger partial charge on any atom is 0.349 e. The molecule has 0 saturated carbocycles. The van der Waals surface area contributed by atoms with Crippen LogP contribution >= 0.6 is 0 Å². The van der Waals surface area contributed by atoms with Crippen LogP contribution in [-0.2, 0) is 25.1 Å². The number of anilines is 1. The molecular formula is C37H41F3N6O4. The first-order valence-corrected chi connectivity index (χ1v) is 16.4. The van der Waals surface area contributed by atoms with Gasteiger partial charge < -0.3 is 25.8 Å². The lowest BCUT2D eigenvalue weighted by molar-refractivity contribution is -0.149. The maximum absolute atomic E-state index is 15.7. The molecule has 264 valence electrons. The third kappa shape index (κ3) is 8.87. The number of hydrogen-bond donors (Lipinski definition) is 3. The minimum absolute atomic E-state index is 0.0714. The first kappa shape index (κ1) is 37.6. The Kier molecular flexibility index (Phi) is 12.4. The van der Waals surface area contributed by atoms with E-state index in [2.05, 4.69) is 20.9 Å². The quantitative estimate of drug-likeness (QED) is 0.257. The molecule has 0 radical (unpaired) electrons. The summed E-state index contributed by atoms with van der Waals surface area (Å²) < 4.78 is 46.4. The van der Waals surface area contributed by atoms with E-state index in [1.54, 1.807) is 62.1 Å². The van der Waals surface area contributed by atoms with E-state index in [-0.39, 0.29) is 29.5 Å². The standard InChI is InChI=1S/C37H41F3N6O4/c1-5-31(47)43-33(35(49)46-18-16-45(4)17-19-46)24(3)27-14-15-30(29(38)21-27)42-34(48)32(23(2)26-11-7-6-8-12-26)44-36(50)37(39,40)28-13-9-10-25(20-28)22-41/h6-15,20-21,23-24,32-33H,5,16-19H2,1-4H3,(H,42,48)(H,43,47)(H,44,50)/t23-,24-,32?,33+/m0/s1. The van der Waals surface area contributed by atoms with Crippen molar-refractivity contribution in [3.05, 3.63) is 101 Å². The lowest BCUT2D eigenvalue weighted by Gasteiger charge is -2.36. The maximum atomic E-state index is 15.7. The molecule has 3 aromatic rings. The highest BCUT2D eigenvalue weighted by molar-refractivity contribution is 5.99. The molecule has 13 heteroatoms. The van der Waals surface area contributed by atoms with Gasteiger partial charge in [0, 0.05) is 50.0 Å². The predicted molar refractivity (Wildman–Crippen MR) is 182 cm³/mol. The molecule has 0 aromatic heterocycles. The van der Waals surface area contributed by atoms with Crippen LogP contribution in [0.3, 0.4) is 0 Å². The zero-order valence-electron chi connectivity index (χ0n) is 28.4. The van der Waals surface area contributed by atoms with Crippen LogP contribution < -0.4 is 16.0 Å². The number of hydrogen-bond acceptors (Lipinski definition) is 6. The van der Waals surface area contributed by atoms with Crippen molar-refractivity contribution in [3.63, 3.8) is 0 Å². The zero-order valence-corrected chi connectivity index (χ0v) is 28.4. The van der Waals surface area contributed by atoms with E-state index in [0.717, 1.165) is 18.2 Å². The van der Waals surface area contributed by atoms with Gasteiger partial charge in [-0.05, 0) is 42.4 Å². The van der Waals surface area contributed by atoms with Gasteiger partial charge in [0.05, 0.1) is 17.3 Å². The fraction of sp³-hybridized carbons (Fsp3) is 0.378. The van der Waals surface area contributed by atoms with Crippen molar-refractivity contribution < 1.29 is 32.3 Å². The molecule has 50 heavy (non-hydrogen) atoms. The molecule has 1 aliphatic rings. The first-order chi connectivity index (χ1) is 23.8. The highest BCUT2D eigenvalue weighted by atomic mass is 19.3. The second kappa shape index (κ2) is 16.5. The topological polar surface area (TPSA) is 135 Å². The Hall–Kier alpha value is -5.22. The molecule has 4 rings (SSSR count). The normalized spacial score (nSPS) is 15.9. The average molecular weight is 691 g/mol. The summed E-state index contributed by atoms with van der Waals surface area (Å²) in [6.45, 7) is 7.24. The number of likely N-dealkylation sites (N-methyl/N-ethyl adjacent to an activating group) is 1. The molecule has 1 fully saturated rings. The van der Waals surface area contributed by atoms with Gasteiger partial charge in [0.2, 0.25) is 17.7 Å². The second-order valence-electron chi connectivity index (χ2n) is 12.5. The van der Waals surface area contributed by atoms with Crippen molar-refractivity contribution in [2.24, 2.45) is 0 Å². The summed E-state index contributed by atoms with van der Waals surface area (Å²) in [6.07, 6.45) is 0.149. The van der Waals surface area contributed by atoms with Gasteiger partial charge in [-0.3, -0.25) is 19.2 Å². The van der Waals surface area contributed by atoms with Gasteiger partial charge in [-0.15, -0.1) is 0 Å².